The van der Waals surface area contributed by atoms with Crippen molar-refractivity contribution < 1.29 is 28.9 Å². The number of methoxy groups -OCH3 is 1. The fourth-order valence-corrected chi connectivity index (χ4v) is 1.51. The molecule has 0 saturated heterocycles. The monoisotopic (exact) mass is 271 g/mol. The van der Waals surface area contributed by atoms with Crippen molar-refractivity contribution in [1.82, 2.24) is 5.32 Å². The number of halogens is 1. The second kappa shape index (κ2) is 6.69. The molecule has 1 atom stereocenters. The summed E-state index contributed by atoms with van der Waals surface area (Å²) < 4.78 is 18.4. The Balaban J connectivity index is 2.97. The number of hydrogen-bond acceptors (Lipinski definition) is 4. The molecule has 0 fully saturated rings. The molecule has 0 bridgehead atoms. The number of carbonyl (C=O) groups excluding carboxylic acids is 1. The quantitative estimate of drug-likeness (QED) is 0.696. The van der Waals surface area contributed by atoms with Gasteiger partial charge in [0.05, 0.1) is 7.11 Å². The van der Waals surface area contributed by atoms with E-state index in [-0.39, 0.29) is 17.7 Å². The van der Waals surface area contributed by atoms with E-state index in [2.05, 4.69) is 5.32 Å². The van der Waals surface area contributed by atoms with Gasteiger partial charge in [0.25, 0.3) is 5.91 Å². The highest BCUT2D eigenvalue weighted by Gasteiger charge is 2.24. The molecule has 0 heterocycles. The van der Waals surface area contributed by atoms with Gasteiger partial charge in [-0.1, -0.05) is 6.07 Å². The molecule has 3 N–H and O–H groups in total. The van der Waals surface area contributed by atoms with Crippen LogP contribution in [0.2, 0.25) is 0 Å². The number of aliphatic hydroxyl groups excluding tert-OH is 1. The number of carboxylic acid groups (broad SMARTS) is 1. The summed E-state index contributed by atoms with van der Waals surface area (Å²) in [5, 5.41) is 19.7. The molecular weight excluding hydrogens is 257 g/mol. The zero-order chi connectivity index (χ0) is 14.4. The Morgan fingerprint density at radius 1 is 1.47 bits per heavy atom. The van der Waals surface area contributed by atoms with Crippen LogP contribution in [0.1, 0.15) is 16.8 Å². The van der Waals surface area contributed by atoms with Crippen molar-refractivity contribution >= 4 is 11.9 Å². The molecule has 1 aromatic carbocycles. The fraction of sp³-hybridized carbons (Fsp3) is 0.333. The molecule has 0 aliphatic heterocycles. The van der Waals surface area contributed by atoms with Crippen molar-refractivity contribution in [3.63, 3.8) is 0 Å². The third kappa shape index (κ3) is 3.65. The van der Waals surface area contributed by atoms with E-state index >= 15 is 0 Å². The third-order valence-corrected chi connectivity index (χ3v) is 2.44. The Bertz CT molecular complexity index is 477. The molecule has 1 aromatic rings. The lowest BCUT2D eigenvalue weighted by atomic mass is 10.1. The number of nitrogens with one attached hydrogen (secondary N) is 1. The molecule has 104 valence electrons. The number of hydrogen-bond donors (Lipinski definition) is 3. The second-order valence-corrected chi connectivity index (χ2v) is 3.69. The minimum absolute atomic E-state index is 0.00522. The number of rotatable bonds is 6. The lowest BCUT2D eigenvalue weighted by Crippen LogP contribution is -2.41. The molecule has 0 aliphatic rings. The number of aliphatic hydroxyl groups is 1. The Morgan fingerprint density at radius 3 is 2.68 bits per heavy atom. The van der Waals surface area contributed by atoms with Crippen molar-refractivity contribution in [2.24, 2.45) is 0 Å². The molecule has 19 heavy (non-hydrogen) atoms. The summed E-state index contributed by atoms with van der Waals surface area (Å²) in [7, 11) is 1.27. The topological polar surface area (TPSA) is 95.9 Å². The van der Waals surface area contributed by atoms with Crippen LogP contribution in [0, 0.1) is 5.82 Å². The molecular formula is C12H14FNO5. The van der Waals surface area contributed by atoms with Gasteiger partial charge in [-0.25, -0.2) is 9.18 Å². The zero-order valence-corrected chi connectivity index (χ0v) is 10.2. The van der Waals surface area contributed by atoms with E-state index in [1.807, 2.05) is 0 Å². The van der Waals surface area contributed by atoms with Gasteiger partial charge in [0.1, 0.15) is 23.2 Å². The minimum atomic E-state index is -1.31. The molecule has 6 nitrogen and oxygen atoms in total. The van der Waals surface area contributed by atoms with Gasteiger partial charge >= 0.3 is 5.97 Å². The number of benzene rings is 1. The number of ether oxygens (including phenoxy) is 1. The zero-order valence-electron chi connectivity index (χ0n) is 10.2. The van der Waals surface area contributed by atoms with Gasteiger partial charge in [-0.05, 0) is 12.1 Å². The van der Waals surface area contributed by atoms with E-state index in [1.165, 1.54) is 19.2 Å². The van der Waals surface area contributed by atoms with Crippen molar-refractivity contribution in [3.05, 3.63) is 29.6 Å². The summed E-state index contributed by atoms with van der Waals surface area (Å²) in [6.45, 7) is -0.411. The van der Waals surface area contributed by atoms with Crippen LogP contribution in [-0.2, 0) is 4.79 Å². The molecule has 0 aliphatic carbocycles. The van der Waals surface area contributed by atoms with Gasteiger partial charge in [0, 0.05) is 13.0 Å². The first kappa shape index (κ1) is 14.9. The van der Waals surface area contributed by atoms with Crippen molar-refractivity contribution in [3.8, 4) is 5.75 Å². The molecule has 0 radical (unpaired) electrons. The minimum Gasteiger partial charge on any atom is -0.496 e. The molecule has 1 rings (SSSR count). The highest BCUT2D eigenvalue weighted by atomic mass is 19.1. The fourth-order valence-electron chi connectivity index (χ4n) is 1.51. The van der Waals surface area contributed by atoms with E-state index in [0.29, 0.717) is 0 Å². The van der Waals surface area contributed by atoms with E-state index < -0.39 is 30.3 Å². The standard InChI is InChI=1S/C12H14FNO5/c1-19-9-4-2-3-7(13)10(9)11(16)14-8(5-6-15)12(17)18/h2-4,8,15H,5-6H2,1H3,(H,14,16)(H,17,18)/t8-/m0/s1. The van der Waals surface area contributed by atoms with Crippen LogP contribution in [0.25, 0.3) is 0 Å². The maximum atomic E-state index is 13.6. The molecule has 0 unspecified atom stereocenters. The number of aliphatic carboxylic acids is 1. The Morgan fingerprint density at radius 2 is 2.16 bits per heavy atom. The van der Waals surface area contributed by atoms with Crippen LogP contribution < -0.4 is 10.1 Å². The molecule has 7 heteroatoms. The van der Waals surface area contributed by atoms with Gasteiger partial charge in [0.15, 0.2) is 0 Å². The third-order valence-electron chi connectivity index (χ3n) is 2.44. The Labute approximate surface area is 108 Å². The largest absolute Gasteiger partial charge is 0.496 e. The number of amides is 1. The van der Waals surface area contributed by atoms with Crippen LogP contribution in [0.5, 0.6) is 5.75 Å². The Hall–Kier alpha value is -2.15. The predicted octanol–water partition coefficient (Wildman–Crippen LogP) is 0.400. The summed E-state index contributed by atoms with van der Waals surface area (Å²) in [6.07, 6.45) is -0.169. The van der Waals surface area contributed by atoms with Crippen molar-refractivity contribution in [2.75, 3.05) is 13.7 Å². The first-order valence-electron chi connectivity index (χ1n) is 5.48. The van der Waals surface area contributed by atoms with Crippen molar-refractivity contribution in [1.29, 1.82) is 0 Å². The first-order valence-corrected chi connectivity index (χ1v) is 5.48. The molecule has 1 amide bonds. The van der Waals surface area contributed by atoms with E-state index in [4.69, 9.17) is 14.9 Å². The average Bonchev–Trinajstić information content (AvgIpc) is 2.37. The van der Waals surface area contributed by atoms with E-state index in [9.17, 15) is 14.0 Å². The summed E-state index contributed by atoms with van der Waals surface area (Å²) >= 11 is 0. The van der Waals surface area contributed by atoms with Crippen LogP contribution in [-0.4, -0.2) is 41.8 Å². The maximum absolute atomic E-state index is 13.6. The molecule has 0 saturated carbocycles. The molecule has 0 spiro atoms. The highest BCUT2D eigenvalue weighted by Crippen LogP contribution is 2.21. The van der Waals surface area contributed by atoms with E-state index in [1.54, 1.807) is 0 Å². The van der Waals surface area contributed by atoms with Gasteiger partial charge in [0.2, 0.25) is 0 Å². The lowest BCUT2D eigenvalue weighted by Gasteiger charge is -2.15. The SMILES string of the molecule is COc1cccc(F)c1C(=O)N[C@@H](CCO)C(=O)O. The van der Waals surface area contributed by atoms with Crippen LogP contribution in [0.3, 0.4) is 0 Å². The van der Waals surface area contributed by atoms with Crippen molar-refractivity contribution in [2.45, 2.75) is 12.5 Å². The van der Waals surface area contributed by atoms with Gasteiger partial charge < -0.3 is 20.3 Å². The van der Waals surface area contributed by atoms with Crippen LogP contribution in [0.15, 0.2) is 18.2 Å². The second-order valence-electron chi connectivity index (χ2n) is 3.69. The number of carboxylic acids is 1. The smallest absolute Gasteiger partial charge is 0.326 e. The lowest BCUT2D eigenvalue weighted by molar-refractivity contribution is -0.139. The summed E-state index contributed by atoms with van der Waals surface area (Å²) in [6, 6.07) is 2.54. The van der Waals surface area contributed by atoms with Gasteiger partial charge in [-0.3, -0.25) is 4.79 Å². The maximum Gasteiger partial charge on any atom is 0.326 e. The van der Waals surface area contributed by atoms with Crippen LogP contribution in [0.4, 0.5) is 4.39 Å². The highest BCUT2D eigenvalue weighted by molar-refractivity contribution is 5.99. The van der Waals surface area contributed by atoms with E-state index in [0.717, 1.165) is 6.07 Å². The molecule has 0 aromatic heterocycles. The predicted molar refractivity (Wildman–Crippen MR) is 63.5 cm³/mol. The van der Waals surface area contributed by atoms with Gasteiger partial charge in [-0.2, -0.15) is 0 Å². The first-order chi connectivity index (χ1) is 9.01. The average molecular weight is 271 g/mol. The summed E-state index contributed by atoms with van der Waals surface area (Å²) in [4.78, 5) is 22.7. The Kier molecular flexibility index (Phi) is 5.25. The summed E-state index contributed by atoms with van der Waals surface area (Å²) in [5.74, 6) is -3.02. The normalized spacial score (nSPS) is 11.7. The van der Waals surface area contributed by atoms with Crippen LogP contribution >= 0.6 is 0 Å². The van der Waals surface area contributed by atoms with Gasteiger partial charge in [-0.15, -0.1) is 0 Å². The summed E-state index contributed by atoms with van der Waals surface area (Å²) in [5.41, 5.74) is -0.366. The number of carbonyl (C=O) groups is 2.